The number of esters is 1. The fourth-order valence-electron chi connectivity index (χ4n) is 3.30. The van der Waals surface area contributed by atoms with Crippen LogP contribution in [0, 0.1) is 5.41 Å². The maximum atomic E-state index is 12.1. The van der Waals surface area contributed by atoms with Crippen molar-refractivity contribution in [3.63, 3.8) is 0 Å². The predicted molar refractivity (Wildman–Crippen MR) is 97.8 cm³/mol. The zero-order chi connectivity index (χ0) is 18.2. The summed E-state index contributed by atoms with van der Waals surface area (Å²) in [5.74, 6) is -0.869. The van der Waals surface area contributed by atoms with Crippen LogP contribution in [0.4, 0.5) is 0 Å². The van der Waals surface area contributed by atoms with Gasteiger partial charge >= 0.3 is 5.97 Å². The molecule has 1 N–H and O–H groups in total. The van der Waals surface area contributed by atoms with Crippen molar-refractivity contribution >= 4 is 35.1 Å². The van der Waals surface area contributed by atoms with Gasteiger partial charge in [0.15, 0.2) is 6.61 Å². The molecular weight excluding hydrogens is 361 g/mol. The number of alkyl halides is 2. The normalized spacial score (nSPS) is 24.8. The van der Waals surface area contributed by atoms with Gasteiger partial charge in [0.25, 0.3) is 5.91 Å². The fraction of sp³-hybridized carbons (Fsp3) is 0.579. The first kappa shape index (κ1) is 18.5. The van der Waals surface area contributed by atoms with Crippen molar-refractivity contribution in [2.45, 2.75) is 56.3 Å². The highest BCUT2D eigenvalue weighted by Crippen LogP contribution is 2.64. The number of fused-ring (bicyclic) bond motifs is 1. The molecule has 0 aliphatic heterocycles. The number of amides is 1. The van der Waals surface area contributed by atoms with Crippen LogP contribution in [0.3, 0.4) is 0 Å². The van der Waals surface area contributed by atoms with Crippen LogP contribution < -0.4 is 5.32 Å². The van der Waals surface area contributed by atoms with Gasteiger partial charge in [-0.2, -0.15) is 0 Å². The number of nitrogens with one attached hydrogen (secondary N) is 1. The highest BCUT2D eigenvalue weighted by Gasteiger charge is 2.69. The van der Waals surface area contributed by atoms with E-state index in [4.69, 9.17) is 27.9 Å². The van der Waals surface area contributed by atoms with Gasteiger partial charge < -0.3 is 10.1 Å². The van der Waals surface area contributed by atoms with E-state index in [9.17, 15) is 9.59 Å². The lowest BCUT2D eigenvalue weighted by Gasteiger charge is -2.20. The Hall–Kier alpha value is -1.26. The molecule has 6 heteroatoms. The molecule has 2 unspecified atom stereocenters. The number of hydrogen-bond donors (Lipinski definition) is 1. The quantitative estimate of drug-likeness (QED) is 0.620. The van der Waals surface area contributed by atoms with Crippen LogP contribution in [0.15, 0.2) is 18.2 Å². The van der Waals surface area contributed by atoms with Crippen LogP contribution in [-0.2, 0) is 27.2 Å². The fourth-order valence-corrected chi connectivity index (χ4v) is 3.99. The van der Waals surface area contributed by atoms with E-state index in [1.807, 2.05) is 6.92 Å². The number of benzene rings is 1. The van der Waals surface area contributed by atoms with Crippen LogP contribution in [0.1, 0.15) is 55.8 Å². The van der Waals surface area contributed by atoms with Gasteiger partial charge in [0, 0.05) is 6.42 Å². The van der Waals surface area contributed by atoms with Gasteiger partial charge in [0.2, 0.25) is 0 Å². The highest BCUT2D eigenvalue weighted by molar-refractivity contribution is 6.53. The van der Waals surface area contributed by atoms with E-state index < -0.39 is 15.7 Å². The number of ether oxygens (including phenoxy) is 1. The molecule has 1 fully saturated rings. The third kappa shape index (κ3) is 3.80. The Bertz CT molecular complexity index is 704. The first-order valence-corrected chi connectivity index (χ1v) is 9.45. The molecule has 1 aromatic rings. The minimum Gasteiger partial charge on any atom is -0.455 e. The Kier molecular flexibility index (Phi) is 5.04. The summed E-state index contributed by atoms with van der Waals surface area (Å²) in [6.45, 7) is 3.24. The van der Waals surface area contributed by atoms with E-state index in [1.54, 1.807) is 6.92 Å². The minimum absolute atomic E-state index is 0.143. The van der Waals surface area contributed by atoms with E-state index >= 15 is 0 Å². The lowest BCUT2D eigenvalue weighted by atomic mass is 9.89. The Morgan fingerprint density at radius 1 is 1.24 bits per heavy atom. The molecule has 2 aliphatic carbocycles. The van der Waals surface area contributed by atoms with E-state index in [2.05, 4.69) is 23.5 Å². The maximum absolute atomic E-state index is 12.1. The van der Waals surface area contributed by atoms with Gasteiger partial charge in [-0.15, -0.1) is 23.2 Å². The lowest BCUT2D eigenvalue weighted by molar-refractivity contribution is -0.153. The summed E-state index contributed by atoms with van der Waals surface area (Å²) in [5, 5.41) is 2.87. The number of carbonyl (C=O) groups excluding carboxylic acids is 2. The Labute approximate surface area is 158 Å². The van der Waals surface area contributed by atoms with E-state index in [0.29, 0.717) is 6.42 Å². The number of halogens is 2. The Balaban J connectivity index is 1.52. The summed E-state index contributed by atoms with van der Waals surface area (Å²) in [5.41, 5.74) is 2.93. The molecule has 0 radical (unpaired) electrons. The summed E-state index contributed by atoms with van der Waals surface area (Å²) in [6.07, 6.45) is 5.03. The predicted octanol–water partition coefficient (Wildman–Crippen LogP) is 3.87. The van der Waals surface area contributed by atoms with Crippen LogP contribution in [0.25, 0.3) is 0 Å². The van der Waals surface area contributed by atoms with Gasteiger partial charge in [-0.25, -0.2) is 0 Å². The smallest absolute Gasteiger partial charge is 0.315 e. The molecule has 0 aromatic heterocycles. The largest absolute Gasteiger partial charge is 0.455 e. The topological polar surface area (TPSA) is 55.4 Å². The average Bonchev–Trinajstić information content (AvgIpc) is 3.11. The minimum atomic E-state index is -1.09. The van der Waals surface area contributed by atoms with Crippen molar-refractivity contribution in [1.29, 1.82) is 0 Å². The summed E-state index contributed by atoms with van der Waals surface area (Å²) in [7, 11) is 0. The van der Waals surface area contributed by atoms with E-state index in [-0.39, 0.29) is 18.6 Å². The number of aryl methyl sites for hydroxylation is 2. The van der Waals surface area contributed by atoms with Gasteiger partial charge in [-0.1, -0.05) is 18.2 Å². The molecule has 0 saturated heterocycles. The van der Waals surface area contributed by atoms with Gasteiger partial charge in [0.05, 0.1) is 6.04 Å². The van der Waals surface area contributed by atoms with Gasteiger partial charge in [0.1, 0.15) is 9.75 Å². The molecule has 3 rings (SSSR count). The molecule has 2 aliphatic rings. The summed E-state index contributed by atoms with van der Waals surface area (Å²) >= 11 is 11.9. The molecule has 0 heterocycles. The second-order valence-electron chi connectivity index (χ2n) is 7.31. The van der Waals surface area contributed by atoms with Crippen LogP contribution in [0.2, 0.25) is 0 Å². The first-order chi connectivity index (χ1) is 11.7. The van der Waals surface area contributed by atoms with Crippen molar-refractivity contribution in [2.24, 2.45) is 5.41 Å². The summed E-state index contributed by atoms with van der Waals surface area (Å²) in [6, 6.07) is 6.24. The van der Waals surface area contributed by atoms with Crippen molar-refractivity contribution in [3.05, 3.63) is 34.9 Å². The molecule has 1 amide bonds. The van der Waals surface area contributed by atoms with Crippen molar-refractivity contribution in [3.8, 4) is 0 Å². The highest BCUT2D eigenvalue weighted by atomic mass is 35.5. The molecular formula is C19H23Cl2NO3. The molecule has 136 valence electrons. The standard InChI is InChI=1S/C19H23Cl2NO3/c1-12(14-8-7-13-5-3-4-6-15(13)9-14)22-16(23)10-25-17(24)18(2)11-19(18,20)21/h7-9,12H,3-6,10-11H2,1-2H3,(H,22,23). The molecule has 4 nitrogen and oxygen atoms in total. The lowest BCUT2D eigenvalue weighted by Crippen LogP contribution is -2.33. The third-order valence-corrected chi connectivity index (χ3v) is 6.39. The number of rotatable bonds is 5. The Morgan fingerprint density at radius 3 is 2.52 bits per heavy atom. The van der Waals surface area contributed by atoms with Crippen LogP contribution >= 0.6 is 23.2 Å². The Morgan fingerprint density at radius 2 is 1.88 bits per heavy atom. The first-order valence-electron chi connectivity index (χ1n) is 8.69. The van der Waals surface area contributed by atoms with E-state index in [1.165, 1.54) is 24.0 Å². The second kappa shape index (κ2) is 6.81. The number of hydrogen-bond acceptors (Lipinski definition) is 3. The average molecular weight is 384 g/mol. The molecule has 1 aromatic carbocycles. The molecule has 0 spiro atoms. The monoisotopic (exact) mass is 383 g/mol. The molecule has 25 heavy (non-hydrogen) atoms. The third-order valence-electron chi connectivity index (χ3n) is 5.29. The summed E-state index contributed by atoms with van der Waals surface area (Å²) in [4.78, 5) is 24.1. The maximum Gasteiger partial charge on any atom is 0.315 e. The van der Waals surface area contributed by atoms with Crippen molar-refractivity contribution < 1.29 is 14.3 Å². The SMILES string of the molecule is CC(NC(=O)COC(=O)C1(C)CC1(Cl)Cl)c1ccc2c(c1)CCCC2. The molecule has 1 saturated carbocycles. The number of carbonyl (C=O) groups is 2. The molecule has 2 atom stereocenters. The zero-order valence-corrected chi connectivity index (χ0v) is 16.0. The van der Waals surface area contributed by atoms with Gasteiger partial charge in [-0.05, 0) is 56.2 Å². The van der Waals surface area contributed by atoms with Crippen molar-refractivity contribution in [1.82, 2.24) is 5.32 Å². The summed E-state index contributed by atoms with van der Waals surface area (Å²) < 4.78 is 3.99. The van der Waals surface area contributed by atoms with E-state index in [0.717, 1.165) is 18.4 Å². The van der Waals surface area contributed by atoms with Crippen molar-refractivity contribution in [2.75, 3.05) is 6.61 Å². The second-order valence-corrected chi connectivity index (χ2v) is 8.80. The van der Waals surface area contributed by atoms with Crippen LogP contribution in [-0.4, -0.2) is 22.8 Å². The zero-order valence-electron chi connectivity index (χ0n) is 14.5. The van der Waals surface area contributed by atoms with Crippen LogP contribution in [0.5, 0.6) is 0 Å². The van der Waals surface area contributed by atoms with Gasteiger partial charge in [-0.3, -0.25) is 9.59 Å². The molecule has 0 bridgehead atoms.